The number of fused-ring (bicyclic) bond motifs is 1. The number of methoxy groups -OCH3 is 1. The molecule has 0 fully saturated rings. The topological polar surface area (TPSA) is 97.2 Å². The van der Waals surface area contributed by atoms with Crippen LogP contribution in [0, 0.1) is 5.92 Å². The number of aliphatic hydroxyl groups excluding tert-OH is 1. The van der Waals surface area contributed by atoms with Crippen LogP contribution in [0.3, 0.4) is 0 Å². The molecule has 2 amide bonds. The van der Waals surface area contributed by atoms with E-state index in [0.717, 1.165) is 16.5 Å². The first kappa shape index (κ1) is 19.7. The molecule has 146 valence electrons. The molecule has 3 rings (SSSR count). The summed E-state index contributed by atoms with van der Waals surface area (Å²) in [6.45, 7) is 0.377. The van der Waals surface area contributed by atoms with Crippen molar-refractivity contribution in [3.05, 3.63) is 64.7 Å². The largest absolute Gasteiger partial charge is 0.497 e. The van der Waals surface area contributed by atoms with Crippen LogP contribution >= 0.6 is 0 Å². The van der Waals surface area contributed by atoms with Gasteiger partial charge in [0.1, 0.15) is 11.7 Å². The fraction of sp³-hybridized carbons (Fsp3) is 0.286. The van der Waals surface area contributed by atoms with E-state index in [2.05, 4.69) is 10.3 Å². The van der Waals surface area contributed by atoms with Gasteiger partial charge in [0, 0.05) is 6.54 Å². The van der Waals surface area contributed by atoms with Gasteiger partial charge in [0.05, 0.1) is 31.8 Å². The lowest BCUT2D eigenvalue weighted by Crippen LogP contribution is -2.43. The number of hydrogen-bond donors (Lipinski definition) is 2. The van der Waals surface area contributed by atoms with E-state index in [1.807, 2.05) is 30.3 Å². The van der Waals surface area contributed by atoms with Crippen LogP contribution in [-0.2, 0) is 20.9 Å². The van der Waals surface area contributed by atoms with Crippen molar-refractivity contribution in [1.82, 2.24) is 5.32 Å². The highest BCUT2D eigenvalue weighted by atomic mass is 16.5. The Morgan fingerprint density at radius 3 is 2.71 bits per heavy atom. The van der Waals surface area contributed by atoms with Gasteiger partial charge in [0.15, 0.2) is 0 Å². The summed E-state index contributed by atoms with van der Waals surface area (Å²) in [6, 6.07) is 14.5. The van der Waals surface area contributed by atoms with Gasteiger partial charge in [0.25, 0.3) is 5.91 Å². The molecule has 2 N–H and O–H groups in total. The van der Waals surface area contributed by atoms with Gasteiger partial charge in [-0.15, -0.1) is 0 Å². The quantitative estimate of drug-likeness (QED) is 0.624. The van der Waals surface area contributed by atoms with E-state index in [4.69, 9.17) is 9.47 Å². The molecule has 28 heavy (non-hydrogen) atoms. The van der Waals surface area contributed by atoms with Crippen molar-refractivity contribution in [1.29, 1.82) is 0 Å². The molecule has 0 aliphatic carbocycles. The molecule has 0 radical (unpaired) electrons. The van der Waals surface area contributed by atoms with Gasteiger partial charge in [0.2, 0.25) is 5.91 Å². The van der Waals surface area contributed by atoms with E-state index in [9.17, 15) is 14.7 Å². The number of nitrogens with zero attached hydrogens (tertiary/aromatic N) is 1. The predicted molar refractivity (Wildman–Crippen MR) is 102 cm³/mol. The lowest BCUT2D eigenvalue weighted by Gasteiger charge is -2.15. The number of aliphatic hydroxyl groups is 1. The van der Waals surface area contributed by atoms with Crippen molar-refractivity contribution in [3.63, 3.8) is 0 Å². The molecule has 1 heterocycles. The Bertz CT molecular complexity index is 956. The van der Waals surface area contributed by atoms with Gasteiger partial charge in [-0.2, -0.15) is 0 Å². The van der Waals surface area contributed by atoms with Crippen molar-refractivity contribution in [2.75, 3.05) is 20.3 Å². The number of carbonyl (C=O) groups excluding carboxylic acids is 2. The Morgan fingerprint density at radius 1 is 1.21 bits per heavy atom. The number of hydrogen-bond acceptors (Lipinski definition) is 5. The van der Waals surface area contributed by atoms with Gasteiger partial charge >= 0.3 is 0 Å². The molecule has 0 aromatic heterocycles. The molecule has 1 aliphatic heterocycles. The van der Waals surface area contributed by atoms with Crippen molar-refractivity contribution < 1.29 is 24.2 Å². The van der Waals surface area contributed by atoms with Gasteiger partial charge in [-0.25, -0.2) is 4.99 Å². The Kier molecular flexibility index (Phi) is 6.52. The van der Waals surface area contributed by atoms with E-state index < -0.39 is 23.8 Å². The molecule has 7 nitrogen and oxygen atoms in total. The van der Waals surface area contributed by atoms with E-state index in [1.54, 1.807) is 31.4 Å². The summed E-state index contributed by atoms with van der Waals surface area (Å²) in [5.41, 5.74) is 0.944. The number of benzene rings is 2. The van der Waals surface area contributed by atoms with Gasteiger partial charge in [-0.05, 0) is 29.0 Å². The Balaban J connectivity index is 1.45. The normalized spacial score (nSPS) is 16.4. The number of rotatable bonds is 8. The zero-order valence-corrected chi connectivity index (χ0v) is 15.5. The molecule has 1 aliphatic rings. The first-order chi connectivity index (χ1) is 13.6. The number of para-hydroxylation sites is 1. The van der Waals surface area contributed by atoms with E-state index in [-0.39, 0.29) is 13.2 Å². The lowest BCUT2D eigenvalue weighted by molar-refractivity contribution is -0.131. The second-order valence-electron chi connectivity index (χ2n) is 6.42. The Labute approximate surface area is 162 Å². The SMILES string of the molecule is COc1ccc(COCC(O)CNC(=O)C2C=c3ccccc3=NC2=O)cc1. The van der Waals surface area contributed by atoms with Gasteiger partial charge in [-0.3, -0.25) is 9.59 Å². The Morgan fingerprint density at radius 2 is 1.96 bits per heavy atom. The summed E-state index contributed by atoms with van der Waals surface area (Å²) in [7, 11) is 1.60. The fourth-order valence-electron chi connectivity index (χ4n) is 2.78. The number of nitrogens with one attached hydrogen (secondary N) is 1. The number of amides is 2. The highest BCUT2D eigenvalue weighted by molar-refractivity contribution is 6.06. The minimum absolute atomic E-state index is 0.0132. The third-order valence-electron chi connectivity index (χ3n) is 4.31. The highest BCUT2D eigenvalue weighted by Gasteiger charge is 2.26. The summed E-state index contributed by atoms with van der Waals surface area (Å²) < 4.78 is 10.6. The average molecular weight is 382 g/mol. The molecule has 2 aromatic carbocycles. The smallest absolute Gasteiger partial charge is 0.262 e. The second kappa shape index (κ2) is 9.25. The average Bonchev–Trinajstić information content (AvgIpc) is 2.72. The fourth-order valence-corrected chi connectivity index (χ4v) is 2.78. The minimum atomic E-state index is -0.984. The maximum Gasteiger partial charge on any atom is 0.262 e. The molecule has 2 aromatic rings. The van der Waals surface area contributed by atoms with E-state index >= 15 is 0 Å². The molecule has 0 saturated heterocycles. The third kappa shape index (κ3) is 5.03. The van der Waals surface area contributed by atoms with Crippen LogP contribution in [0.25, 0.3) is 6.08 Å². The number of carbonyl (C=O) groups is 2. The van der Waals surface area contributed by atoms with Crippen LogP contribution in [-0.4, -0.2) is 43.3 Å². The van der Waals surface area contributed by atoms with E-state index in [1.165, 1.54) is 0 Å². The van der Waals surface area contributed by atoms with Crippen LogP contribution in [0.4, 0.5) is 0 Å². The van der Waals surface area contributed by atoms with Crippen LogP contribution in [0.15, 0.2) is 53.5 Å². The van der Waals surface area contributed by atoms with Crippen molar-refractivity contribution in [2.24, 2.45) is 10.9 Å². The lowest BCUT2D eigenvalue weighted by atomic mass is 10.0. The molecule has 2 atom stereocenters. The first-order valence-electron chi connectivity index (χ1n) is 8.93. The van der Waals surface area contributed by atoms with Crippen LogP contribution in [0.1, 0.15) is 5.56 Å². The zero-order chi connectivity index (χ0) is 19.9. The maximum atomic E-state index is 12.3. The molecule has 0 bridgehead atoms. The van der Waals surface area contributed by atoms with E-state index in [0.29, 0.717) is 12.0 Å². The molecule has 7 heteroatoms. The van der Waals surface area contributed by atoms with Crippen LogP contribution in [0.2, 0.25) is 0 Å². The van der Waals surface area contributed by atoms with Crippen molar-refractivity contribution in [3.8, 4) is 5.75 Å². The standard InChI is InChI=1S/C21H22N2O5/c1-27-17-8-6-14(7-9-17)12-28-13-16(24)11-22-20(25)18-10-15-4-2-3-5-19(15)23-21(18)26/h2-10,16,18,24H,11-13H2,1H3,(H,22,25). The molecule has 0 spiro atoms. The first-order valence-corrected chi connectivity index (χ1v) is 8.93. The molecule has 2 unspecified atom stereocenters. The second-order valence-corrected chi connectivity index (χ2v) is 6.42. The molecule has 0 saturated carbocycles. The predicted octanol–water partition coefficient (Wildman–Crippen LogP) is -0.0544. The van der Waals surface area contributed by atoms with Crippen molar-refractivity contribution >= 4 is 17.9 Å². The van der Waals surface area contributed by atoms with Gasteiger partial charge < -0.3 is 19.9 Å². The maximum absolute atomic E-state index is 12.3. The summed E-state index contributed by atoms with van der Waals surface area (Å²) in [6.07, 6.45) is 0.706. The summed E-state index contributed by atoms with van der Waals surface area (Å²) in [5.74, 6) is -1.23. The van der Waals surface area contributed by atoms with Crippen LogP contribution in [0.5, 0.6) is 5.75 Å². The number of ether oxygens (including phenoxy) is 2. The Hall–Kier alpha value is -3.03. The zero-order valence-electron chi connectivity index (χ0n) is 15.5. The summed E-state index contributed by atoms with van der Waals surface area (Å²) in [5, 5.41) is 13.9. The summed E-state index contributed by atoms with van der Waals surface area (Å²) >= 11 is 0. The van der Waals surface area contributed by atoms with Gasteiger partial charge in [-0.1, -0.05) is 36.4 Å². The monoisotopic (exact) mass is 382 g/mol. The van der Waals surface area contributed by atoms with Crippen LogP contribution < -0.4 is 20.6 Å². The molecular formula is C21H22N2O5. The third-order valence-corrected chi connectivity index (χ3v) is 4.31. The highest BCUT2D eigenvalue weighted by Crippen LogP contribution is 2.12. The molecular weight excluding hydrogens is 360 g/mol. The van der Waals surface area contributed by atoms with Crippen molar-refractivity contribution in [2.45, 2.75) is 12.7 Å². The minimum Gasteiger partial charge on any atom is -0.497 e. The summed E-state index contributed by atoms with van der Waals surface area (Å²) in [4.78, 5) is 28.3.